The van der Waals surface area contributed by atoms with E-state index in [-0.39, 0.29) is 6.04 Å². The van der Waals surface area contributed by atoms with Crippen LogP contribution in [0.3, 0.4) is 0 Å². The number of rotatable bonds is 1. The third-order valence-corrected chi connectivity index (χ3v) is 4.35. The minimum Gasteiger partial charge on any atom is -0.378 e. The highest BCUT2D eigenvalue weighted by Gasteiger charge is 2.33. The molecule has 1 aromatic carbocycles. The minimum atomic E-state index is -0.941. The average Bonchev–Trinajstić information content (AvgIpc) is 2.92. The molecule has 0 unspecified atom stereocenters. The van der Waals surface area contributed by atoms with E-state index < -0.39 is 5.60 Å². The molecule has 1 N–H and O–H groups in total. The molecule has 1 heterocycles. The van der Waals surface area contributed by atoms with Crippen molar-refractivity contribution < 1.29 is 5.11 Å². The first-order chi connectivity index (χ1) is 10.5. The highest BCUT2D eigenvalue weighted by Crippen LogP contribution is 2.35. The Morgan fingerprint density at radius 1 is 1.45 bits per heavy atom. The number of halogens is 1. The molecular weight excluding hydrogens is 296 g/mol. The summed E-state index contributed by atoms with van der Waals surface area (Å²) >= 11 is 5.97. The molecule has 1 aliphatic carbocycles. The number of aromatic nitrogens is 2. The first kappa shape index (κ1) is 15.1. The van der Waals surface area contributed by atoms with Crippen molar-refractivity contribution >= 4 is 11.6 Å². The quantitative estimate of drug-likeness (QED) is 0.814. The number of benzene rings is 1. The SMILES string of the molecule is Cc1cn([C@H]2CCC[C@@](O)(C#Cc3cccc(Cl)c3)C2)cn1. The van der Waals surface area contributed by atoms with E-state index >= 15 is 0 Å². The highest BCUT2D eigenvalue weighted by molar-refractivity contribution is 6.30. The molecule has 0 spiro atoms. The molecule has 4 heteroatoms. The molecule has 2 aromatic rings. The summed E-state index contributed by atoms with van der Waals surface area (Å²) in [5, 5.41) is 11.5. The van der Waals surface area contributed by atoms with Crippen molar-refractivity contribution in [2.24, 2.45) is 0 Å². The van der Waals surface area contributed by atoms with Crippen LogP contribution in [-0.4, -0.2) is 20.3 Å². The van der Waals surface area contributed by atoms with Gasteiger partial charge in [0.25, 0.3) is 0 Å². The lowest BCUT2D eigenvalue weighted by atomic mass is 9.82. The van der Waals surface area contributed by atoms with Crippen molar-refractivity contribution in [1.82, 2.24) is 9.55 Å². The zero-order chi connectivity index (χ0) is 15.6. The summed E-state index contributed by atoms with van der Waals surface area (Å²) in [5.74, 6) is 6.12. The van der Waals surface area contributed by atoms with Gasteiger partial charge in [-0.2, -0.15) is 0 Å². The van der Waals surface area contributed by atoms with E-state index in [9.17, 15) is 5.11 Å². The van der Waals surface area contributed by atoms with Crippen LogP contribution in [0, 0.1) is 18.8 Å². The molecule has 22 heavy (non-hydrogen) atoms. The molecule has 114 valence electrons. The predicted molar refractivity (Wildman–Crippen MR) is 87.7 cm³/mol. The van der Waals surface area contributed by atoms with Crippen LogP contribution >= 0.6 is 11.6 Å². The van der Waals surface area contributed by atoms with Gasteiger partial charge in [-0.15, -0.1) is 0 Å². The minimum absolute atomic E-state index is 0.258. The average molecular weight is 315 g/mol. The lowest BCUT2D eigenvalue weighted by molar-refractivity contribution is 0.0397. The van der Waals surface area contributed by atoms with Crippen LogP contribution < -0.4 is 0 Å². The summed E-state index contributed by atoms with van der Waals surface area (Å²) < 4.78 is 2.10. The second-order valence-corrected chi connectivity index (χ2v) is 6.44. The van der Waals surface area contributed by atoms with Crippen LogP contribution in [-0.2, 0) is 0 Å². The van der Waals surface area contributed by atoms with Gasteiger partial charge in [-0.3, -0.25) is 0 Å². The fourth-order valence-corrected chi connectivity index (χ4v) is 3.18. The number of imidazole rings is 1. The van der Waals surface area contributed by atoms with E-state index in [0.29, 0.717) is 17.9 Å². The number of nitrogens with zero attached hydrogens (tertiary/aromatic N) is 2. The monoisotopic (exact) mass is 314 g/mol. The van der Waals surface area contributed by atoms with Gasteiger partial charge in [-0.05, 0) is 44.4 Å². The lowest BCUT2D eigenvalue weighted by Gasteiger charge is -2.33. The van der Waals surface area contributed by atoms with E-state index in [1.165, 1.54) is 0 Å². The van der Waals surface area contributed by atoms with E-state index in [2.05, 4.69) is 21.4 Å². The molecule has 3 rings (SSSR count). The first-order valence-electron chi connectivity index (χ1n) is 7.55. The first-order valence-corrected chi connectivity index (χ1v) is 7.93. The molecule has 1 saturated carbocycles. The van der Waals surface area contributed by atoms with E-state index in [1.807, 2.05) is 43.7 Å². The van der Waals surface area contributed by atoms with Gasteiger partial charge in [0.1, 0.15) is 5.60 Å². The van der Waals surface area contributed by atoms with Crippen molar-refractivity contribution in [2.45, 2.75) is 44.2 Å². The number of aliphatic hydroxyl groups is 1. The van der Waals surface area contributed by atoms with Crippen LogP contribution in [0.4, 0.5) is 0 Å². The van der Waals surface area contributed by atoms with Crippen molar-refractivity contribution in [1.29, 1.82) is 0 Å². The Morgan fingerprint density at radius 2 is 2.32 bits per heavy atom. The van der Waals surface area contributed by atoms with Crippen LogP contribution in [0.2, 0.25) is 5.02 Å². The summed E-state index contributed by atoms with van der Waals surface area (Å²) in [5.41, 5.74) is 0.893. The fourth-order valence-electron chi connectivity index (χ4n) is 2.99. The molecule has 0 aliphatic heterocycles. The summed E-state index contributed by atoms with van der Waals surface area (Å²) in [6, 6.07) is 7.67. The molecule has 1 aliphatic rings. The van der Waals surface area contributed by atoms with Gasteiger partial charge in [0, 0.05) is 29.2 Å². The van der Waals surface area contributed by atoms with Crippen LogP contribution in [0.5, 0.6) is 0 Å². The Balaban J connectivity index is 1.78. The molecule has 0 amide bonds. The molecule has 1 fully saturated rings. The lowest BCUT2D eigenvalue weighted by Crippen LogP contribution is -2.34. The van der Waals surface area contributed by atoms with Crippen molar-refractivity contribution in [3.05, 3.63) is 53.1 Å². The maximum atomic E-state index is 10.8. The van der Waals surface area contributed by atoms with Crippen LogP contribution in [0.1, 0.15) is 43.0 Å². The van der Waals surface area contributed by atoms with Crippen molar-refractivity contribution in [3.63, 3.8) is 0 Å². The summed E-state index contributed by atoms with van der Waals surface area (Å²) in [6.07, 6.45) is 7.23. The Morgan fingerprint density at radius 3 is 3.05 bits per heavy atom. The molecule has 2 atom stereocenters. The van der Waals surface area contributed by atoms with Gasteiger partial charge in [-0.25, -0.2) is 4.98 Å². The number of hydrogen-bond donors (Lipinski definition) is 1. The van der Waals surface area contributed by atoms with E-state index in [1.54, 1.807) is 0 Å². The van der Waals surface area contributed by atoms with Gasteiger partial charge >= 0.3 is 0 Å². The topological polar surface area (TPSA) is 38.0 Å². The molecule has 3 nitrogen and oxygen atoms in total. The highest BCUT2D eigenvalue weighted by atomic mass is 35.5. The van der Waals surface area contributed by atoms with Gasteiger partial charge in [0.05, 0.1) is 12.0 Å². The fraction of sp³-hybridized carbons (Fsp3) is 0.389. The Bertz CT molecular complexity index is 728. The molecular formula is C18H19ClN2O. The maximum Gasteiger partial charge on any atom is 0.127 e. The Hall–Kier alpha value is -1.76. The normalized spacial score (nSPS) is 24.6. The number of hydrogen-bond acceptors (Lipinski definition) is 2. The van der Waals surface area contributed by atoms with E-state index in [4.69, 9.17) is 11.6 Å². The van der Waals surface area contributed by atoms with Gasteiger partial charge in [0.2, 0.25) is 0 Å². The second kappa shape index (κ2) is 6.16. The molecule has 0 saturated heterocycles. The van der Waals surface area contributed by atoms with Crippen molar-refractivity contribution in [3.8, 4) is 11.8 Å². The van der Waals surface area contributed by atoms with Gasteiger partial charge < -0.3 is 9.67 Å². The van der Waals surface area contributed by atoms with Crippen LogP contribution in [0.15, 0.2) is 36.8 Å². The third-order valence-electron chi connectivity index (χ3n) is 4.12. The molecule has 0 radical (unpaired) electrons. The number of aryl methyl sites for hydroxylation is 1. The Kier molecular flexibility index (Phi) is 4.24. The molecule has 1 aromatic heterocycles. The summed E-state index contributed by atoms with van der Waals surface area (Å²) in [7, 11) is 0. The second-order valence-electron chi connectivity index (χ2n) is 6.00. The largest absolute Gasteiger partial charge is 0.378 e. The third kappa shape index (κ3) is 3.52. The smallest absolute Gasteiger partial charge is 0.127 e. The van der Waals surface area contributed by atoms with Crippen molar-refractivity contribution in [2.75, 3.05) is 0 Å². The summed E-state index contributed by atoms with van der Waals surface area (Å²) in [4.78, 5) is 4.27. The Labute approximate surface area is 136 Å². The zero-order valence-electron chi connectivity index (χ0n) is 12.6. The van der Waals surface area contributed by atoms with Gasteiger partial charge in [-0.1, -0.05) is 29.5 Å². The van der Waals surface area contributed by atoms with E-state index in [0.717, 1.165) is 24.1 Å². The predicted octanol–water partition coefficient (Wildman–Crippen LogP) is 3.74. The van der Waals surface area contributed by atoms with Gasteiger partial charge in [0.15, 0.2) is 0 Å². The standard InChI is InChI=1S/C18H19ClN2O/c1-14-12-21(13-20-14)17-6-3-8-18(22,11-17)9-7-15-4-2-5-16(19)10-15/h2,4-5,10,12-13,17,22H,3,6,8,11H2,1H3/t17-,18+/m0/s1. The van der Waals surface area contributed by atoms with Crippen LogP contribution in [0.25, 0.3) is 0 Å². The zero-order valence-corrected chi connectivity index (χ0v) is 13.3. The summed E-state index contributed by atoms with van der Waals surface area (Å²) in [6.45, 7) is 1.98. The molecule has 0 bridgehead atoms. The maximum absolute atomic E-state index is 10.8.